The van der Waals surface area contributed by atoms with Crippen LogP contribution >= 0.6 is 0 Å². The van der Waals surface area contributed by atoms with Gasteiger partial charge in [-0.1, -0.05) is 12.1 Å². The van der Waals surface area contributed by atoms with E-state index < -0.39 is 23.5 Å². The van der Waals surface area contributed by atoms with Crippen LogP contribution in [0.1, 0.15) is 21.5 Å². The van der Waals surface area contributed by atoms with E-state index in [1.165, 1.54) is 6.07 Å². The van der Waals surface area contributed by atoms with Crippen molar-refractivity contribution in [3.8, 4) is 5.75 Å². The molecule has 21 heavy (non-hydrogen) atoms. The SMILES string of the molecule is Cc1cccc(OC(=O)c2ccc(C(F)(F)F)c(F)c2)c1. The molecular weight excluding hydrogens is 288 g/mol. The van der Waals surface area contributed by atoms with Gasteiger partial charge in [0.25, 0.3) is 0 Å². The van der Waals surface area contributed by atoms with Crippen LogP contribution in [0, 0.1) is 12.7 Å². The highest BCUT2D eigenvalue weighted by Crippen LogP contribution is 2.31. The third-order valence-corrected chi connectivity index (χ3v) is 2.71. The quantitative estimate of drug-likeness (QED) is 0.467. The minimum absolute atomic E-state index is 0.236. The van der Waals surface area contributed by atoms with E-state index in [0.29, 0.717) is 12.1 Å². The Morgan fingerprint density at radius 1 is 1.10 bits per heavy atom. The van der Waals surface area contributed by atoms with Crippen LogP contribution in [-0.2, 0) is 6.18 Å². The largest absolute Gasteiger partial charge is 0.423 e. The van der Waals surface area contributed by atoms with Gasteiger partial charge in [-0.2, -0.15) is 13.2 Å². The fourth-order valence-electron chi connectivity index (χ4n) is 1.72. The van der Waals surface area contributed by atoms with Gasteiger partial charge in [-0.3, -0.25) is 0 Å². The lowest BCUT2D eigenvalue weighted by Crippen LogP contribution is -2.12. The third-order valence-electron chi connectivity index (χ3n) is 2.71. The molecule has 2 aromatic carbocycles. The summed E-state index contributed by atoms with van der Waals surface area (Å²) in [6.45, 7) is 1.79. The summed E-state index contributed by atoms with van der Waals surface area (Å²) in [5.41, 5.74) is -0.865. The van der Waals surface area contributed by atoms with E-state index in [0.717, 1.165) is 11.6 Å². The lowest BCUT2D eigenvalue weighted by atomic mass is 10.1. The first kappa shape index (κ1) is 15.0. The highest BCUT2D eigenvalue weighted by atomic mass is 19.4. The predicted octanol–water partition coefficient (Wildman–Crippen LogP) is 4.37. The molecule has 0 N–H and O–H groups in total. The number of halogens is 4. The Kier molecular flexibility index (Phi) is 3.97. The monoisotopic (exact) mass is 298 g/mol. The number of carbonyl (C=O) groups is 1. The van der Waals surface area contributed by atoms with Gasteiger partial charge in [-0.05, 0) is 42.8 Å². The first-order chi connectivity index (χ1) is 9.77. The van der Waals surface area contributed by atoms with Crippen molar-refractivity contribution in [3.63, 3.8) is 0 Å². The van der Waals surface area contributed by atoms with Gasteiger partial charge in [0.05, 0.1) is 11.1 Å². The Hall–Kier alpha value is -2.37. The van der Waals surface area contributed by atoms with Crippen molar-refractivity contribution in [2.45, 2.75) is 13.1 Å². The second-order valence-corrected chi connectivity index (χ2v) is 4.40. The molecule has 0 saturated heterocycles. The topological polar surface area (TPSA) is 26.3 Å². The Balaban J connectivity index is 2.23. The summed E-state index contributed by atoms with van der Waals surface area (Å²) < 4.78 is 55.6. The predicted molar refractivity (Wildman–Crippen MR) is 67.5 cm³/mol. The summed E-state index contributed by atoms with van der Waals surface area (Å²) in [6, 6.07) is 8.46. The Labute approximate surface area is 118 Å². The van der Waals surface area contributed by atoms with Crippen LogP contribution in [0.15, 0.2) is 42.5 Å². The van der Waals surface area contributed by atoms with Crippen molar-refractivity contribution < 1.29 is 27.1 Å². The number of benzene rings is 2. The lowest BCUT2D eigenvalue weighted by molar-refractivity contribution is -0.140. The van der Waals surface area contributed by atoms with Crippen molar-refractivity contribution in [3.05, 3.63) is 65.0 Å². The first-order valence-electron chi connectivity index (χ1n) is 5.93. The highest BCUT2D eigenvalue weighted by molar-refractivity contribution is 5.91. The van der Waals surface area contributed by atoms with Crippen LogP contribution in [0.2, 0.25) is 0 Å². The van der Waals surface area contributed by atoms with Gasteiger partial charge in [0, 0.05) is 0 Å². The normalized spacial score (nSPS) is 11.3. The van der Waals surface area contributed by atoms with Crippen molar-refractivity contribution in [2.75, 3.05) is 0 Å². The van der Waals surface area contributed by atoms with Crippen molar-refractivity contribution in [1.82, 2.24) is 0 Å². The average molecular weight is 298 g/mol. The Morgan fingerprint density at radius 3 is 2.38 bits per heavy atom. The summed E-state index contributed by atoms with van der Waals surface area (Å²) in [5.74, 6) is -2.20. The van der Waals surface area contributed by atoms with E-state index in [1.807, 2.05) is 0 Å². The molecule has 0 bridgehead atoms. The molecule has 6 heteroatoms. The van der Waals surface area contributed by atoms with Crippen LogP contribution in [-0.4, -0.2) is 5.97 Å². The molecule has 0 heterocycles. The standard InChI is InChI=1S/C15H10F4O2/c1-9-3-2-4-11(7-9)21-14(20)10-5-6-12(13(16)8-10)15(17,18)19/h2-8H,1H3. The smallest absolute Gasteiger partial charge is 0.419 e. The number of esters is 1. The molecule has 0 amide bonds. The molecule has 0 aromatic heterocycles. The molecular formula is C15H10F4O2. The molecule has 0 atom stereocenters. The van der Waals surface area contributed by atoms with Crippen LogP contribution in [0.5, 0.6) is 5.75 Å². The number of hydrogen-bond donors (Lipinski definition) is 0. The Morgan fingerprint density at radius 2 is 1.81 bits per heavy atom. The highest BCUT2D eigenvalue weighted by Gasteiger charge is 2.34. The number of alkyl halides is 3. The van der Waals surface area contributed by atoms with E-state index >= 15 is 0 Å². The zero-order valence-electron chi connectivity index (χ0n) is 10.9. The molecule has 0 fully saturated rings. The fourth-order valence-corrected chi connectivity index (χ4v) is 1.72. The summed E-state index contributed by atoms with van der Waals surface area (Å²) in [4.78, 5) is 11.8. The van der Waals surface area contributed by atoms with Gasteiger partial charge >= 0.3 is 12.1 Å². The van der Waals surface area contributed by atoms with Gasteiger partial charge in [0.15, 0.2) is 0 Å². The van der Waals surface area contributed by atoms with Crippen LogP contribution in [0.4, 0.5) is 17.6 Å². The van der Waals surface area contributed by atoms with E-state index in [9.17, 15) is 22.4 Å². The van der Waals surface area contributed by atoms with Crippen molar-refractivity contribution >= 4 is 5.97 Å². The van der Waals surface area contributed by atoms with Gasteiger partial charge in [0.2, 0.25) is 0 Å². The molecule has 0 aliphatic carbocycles. The summed E-state index contributed by atoms with van der Waals surface area (Å²) in [5, 5.41) is 0. The summed E-state index contributed by atoms with van der Waals surface area (Å²) in [6.07, 6.45) is -4.80. The van der Waals surface area contributed by atoms with E-state index in [4.69, 9.17) is 4.74 Å². The zero-order valence-corrected chi connectivity index (χ0v) is 10.9. The number of ether oxygens (including phenoxy) is 1. The van der Waals surface area contributed by atoms with Crippen LogP contribution in [0.25, 0.3) is 0 Å². The number of hydrogen-bond acceptors (Lipinski definition) is 2. The van der Waals surface area contributed by atoms with Crippen molar-refractivity contribution in [1.29, 1.82) is 0 Å². The molecule has 110 valence electrons. The van der Waals surface area contributed by atoms with Gasteiger partial charge < -0.3 is 4.74 Å². The summed E-state index contributed by atoms with van der Waals surface area (Å²) >= 11 is 0. The minimum Gasteiger partial charge on any atom is -0.423 e. The minimum atomic E-state index is -4.80. The zero-order chi connectivity index (χ0) is 15.6. The summed E-state index contributed by atoms with van der Waals surface area (Å²) in [7, 11) is 0. The molecule has 0 aliphatic heterocycles. The second-order valence-electron chi connectivity index (χ2n) is 4.40. The van der Waals surface area contributed by atoms with E-state index in [-0.39, 0.29) is 11.3 Å². The molecule has 0 radical (unpaired) electrons. The lowest BCUT2D eigenvalue weighted by Gasteiger charge is -2.09. The van der Waals surface area contributed by atoms with Gasteiger partial charge in [0.1, 0.15) is 11.6 Å². The maximum Gasteiger partial charge on any atom is 0.419 e. The van der Waals surface area contributed by atoms with Crippen molar-refractivity contribution in [2.24, 2.45) is 0 Å². The molecule has 0 unspecified atom stereocenters. The molecule has 2 aromatic rings. The van der Waals surface area contributed by atoms with Gasteiger partial charge in [-0.25, -0.2) is 9.18 Å². The van der Waals surface area contributed by atoms with E-state index in [1.54, 1.807) is 25.1 Å². The molecule has 0 spiro atoms. The van der Waals surface area contributed by atoms with Gasteiger partial charge in [-0.15, -0.1) is 0 Å². The maximum atomic E-state index is 13.4. The number of carbonyl (C=O) groups excluding carboxylic acids is 1. The van der Waals surface area contributed by atoms with Crippen LogP contribution in [0.3, 0.4) is 0 Å². The molecule has 0 aliphatic rings. The number of aryl methyl sites for hydroxylation is 1. The molecule has 2 rings (SSSR count). The average Bonchev–Trinajstić information content (AvgIpc) is 2.37. The Bertz CT molecular complexity index is 678. The molecule has 2 nitrogen and oxygen atoms in total. The third kappa shape index (κ3) is 3.59. The molecule has 0 saturated carbocycles. The van der Waals surface area contributed by atoms with E-state index in [2.05, 4.69) is 0 Å². The maximum absolute atomic E-state index is 13.4. The number of rotatable bonds is 2. The van der Waals surface area contributed by atoms with Crippen LogP contribution < -0.4 is 4.74 Å². The fraction of sp³-hybridized carbons (Fsp3) is 0.133. The second kappa shape index (κ2) is 5.55. The first-order valence-corrected chi connectivity index (χ1v) is 5.93.